The molecule has 0 aliphatic rings. The number of hydrazine groups is 1. The first-order valence-electron chi connectivity index (χ1n) is 8.57. The van der Waals surface area contributed by atoms with Crippen LogP contribution in [0, 0.1) is 0 Å². The van der Waals surface area contributed by atoms with Crippen LogP contribution in [0.1, 0.15) is 56.4 Å². The lowest BCUT2D eigenvalue weighted by Crippen LogP contribution is -2.42. The molecule has 0 bridgehead atoms. The molecule has 2 N–H and O–H groups in total. The summed E-state index contributed by atoms with van der Waals surface area (Å²) in [6.45, 7) is 5.58. The Hall–Kier alpha value is -1.83. The number of carbonyl (C=O) groups is 3. The van der Waals surface area contributed by atoms with Crippen molar-refractivity contribution < 1.29 is 14.4 Å². The first kappa shape index (κ1) is 21.2. The van der Waals surface area contributed by atoms with Crippen molar-refractivity contribution >= 4 is 33.7 Å². The molecule has 140 valence electrons. The summed E-state index contributed by atoms with van der Waals surface area (Å²) in [5.41, 5.74) is 5.19. The molecule has 1 heterocycles. The molecule has 0 fully saturated rings. The highest BCUT2D eigenvalue weighted by Crippen LogP contribution is 2.13. The lowest BCUT2D eigenvalue weighted by atomic mass is 10.2. The minimum absolute atomic E-state index is 0.0780. The van der Waals surface area contributed by atoms with Gasteiger partial charge >= 0.3 is 0 Å². The van der Waals surface area contributed by atoms with Crippen molar-refractivity contribution in [3.63, 3.8) is 0 Å². The van der Waals surface area contributed by atoms with E-state index in [2.05, 4.69) is 26.8 Å². The van der Waals surface area contributed by atoms with E-state index < -0.39 is 5.91 Å². The lowest BCUT2D eigenvalue weighted by molar-refractivity contribution is -0.131. The molecule has 0 saturated carbocycles. The summed E-state index contributed by atoms with van der Waals surface area (Å²) >= 11 is 3.29. The number of hydrogen-bond donors (Lipinski definition) is 2. The Balaban J connectivity index is 2.31. The summed E-state index contributed by atoms with van der Waals surface area (Å²) in [4.78, 5) is 37.7. The molecule has 7 nitrogen and oxygen atoms in total. The van der Waals surface area contributed by atoms with Gasteiger partial charge in [0.2, 0.25) is 11.8 Å². The molecule has 1 aromatic heterocycles. The minimum atomic E-state index is -0.394. The van der Waals surface area contributed by atoms with Gasteiger partial charge in [-0.2, -0.15) is 0 Å². The lowest BCUT2D eigenvalue weighted by Gasteiger charge is -2.21. The highest BCUT2D eigenvalue weighted by Gasteiger charge is 2.14. The molecule has 0 radical (unpaired) electrons. The Morgan fingerprint density at radius 2 is 1.76 bits per heavy atom. The van der Waals surface area contributed by atoms with Crippen LogP contribution in [-0.2, 0) is 16.6 Å². The Labute approximate surface area is 157 Å². The van der Waals surface area contributed by atoms with Gasteiger partial charge in [-0.3, -0.25) is 25.2 Å². The Bertz CT molecular complexity index is 595. The molecule has 8 heteroatoms. The van der Waals surface area contributed by atoms with Gasteiger partial charge in [-0.15, -0.1) is 0 Å². The van der Waals surface area contributed by atoms with Crippen molar-refractivity contribution in [1.29, 1.82) is 0 Å². The standard InChI is InChI=1S/C17H27BrN4O3/c1-4-9-22(10-5-2)16(24)8-6-7-15(23)19-20-17(25)14-11-13(18)12-21(14)3/h11-12H,4-10H2,1-3H3,(H,19,23)(H,20,25). The third kappa shape index (κ3) is 7.29. The van der Waals surface area contributed by atoms with Crippen LogP contribution < -0.4 is 10.9 Å². The van der Waals surface area contributed by atoms with Crippen molar-refractivity contribution in [1.82, 2.24) is 20.3 Å². The molecule has 25 heavy (non-hydrogen) atoms. The van der Waals surface area contributed by atoms with E-state index in [0.29, 0.717) is 18.5 Å². The maximum absolute atomic E-state index is 12.1. The number of amides is 3. The van der Waals surface area contributed by atoms with Crippen LogP contribution in [0.5, 0.6) is 0 Å². The summed E-state index contributed by atoms with van der Waals surface area (Å²) in [5, 5.41) is 0. The second-order valence-corrected chi connectivity index (χ2v) is 6.81. The maximum atomic E-state index is 12.1. The van der Waals surface area contributed by atoms with Gasteiger partial charge in [0.15, 0.2) is 0 Å². The second-order valence-electron chi connectivity index (χ2n) is 5.89. The highest BCUT2D eigenvalue weighted by molar-refractivity contribution is 9.10. The molecule has 0 spiro atoms. The SMILES string of the molecule is CCCN(CCC)C(=O)CCCC(=O)NNC(=O)c1cc(Br)cn1C. The van der Waals surface area contributed by atoms with Crippen LogP contribution in [0.15, 0.2) is 16.7 Å². The Morgan fingerprint density at radius 3 is 2.28 bits per heavy atom. The predicted molar refractivity (Wildman–Crippen MR) is 99.7 cm³/mol. The number of hydrogen-bond acceptors (Lipinski definition) is 3. The number of aryl methyl sites for hydroxylation is 1. The average molecular weight is 415 g/mol. The van der Waals surface area contributed by atoms with Gasteiger partial charge in [-0.25, -0.2) is 0 Å². The molecule has 1 aromatic rings. The highest BCUT2D eigenvalue weighted by atomic mass is 79.9. The molecule has 0 unspecified atom stereocenters. The number of nitrogens with one attached hydrogen (secondary N) is 2. The molecule has 1 rings (SSSR count). The number of rotatable bonds is 9. The zero-order valence-electron chi connectivity index (χ0n) is 15.1. The van der Waals surface area contributed by atoms with E-state index in [1.807, 2.05) is 18.7 Å². The normalized spacial score (nSPS) is 10.4. The zero-order valence-corrected chi connectivity index (χ0v) is 16.7. The molecule has 0 atom stereocenters. The van der Waals surface area contributed by atoms with E-state index in [-0.39, 0.29) is 18.2 Å². The van der Waals surface area contributed by atoms with E-state index in [1.165, 1.54) is 0 Å². The van der Waals surface area contributed by atoms with Crippen LogP contribution in [0.25, 0.3) is 0 Å². The van der Waals surface area contributed by atoms with E-state index >= 15 is 0 Å². The fourth-order valence-electron chi connectivity index (χ4n) is 2.46. The third-order valence-corrected chi connectivity index (χ3v) is 4.09. The molecule has 0 aliphatic heterocycles. The topological polar surface area (TPSA) is 83.4 Å². The largest absolute Gasteiger partial charge is 0.345 e. The Morgan fingerprint density at radius 1 is 1.12 bits per heavy atom. The van der Waals surface area contributed by atoms with Gasteiger partial charge in [0.1, 0.15) is 5.69 Å². The quantitative estimate of drug-likeness (QED) is 0.608. The number of nitrogens with zero attached hydrogens (tertiary/aromatic N) is 2. The van der Waals surface area contributed by atoms with Crippen LogP contribution in [0.3, 0.4) is 0 Å². The number of halogens is 1. The van der Waals surface area contributed by atoms with Gasteiger partial charge in [-0.1, -0.05) is 13.8 Å². The van der Waals surface area contributed by atoms with Gasteiger partial charge in [-0.05, 0) is 41.3 Å². The summed E-state index contributed by atoms with van der Waals surface area (Å²) in [6.07, 6.45) is 4.59. The van der Waals surface area contributed by atoms with Crippen molar-refractivity contribution in [3.8, 4) is 0 Å². The molecule has 3 amide bonds. The number of carbonyl (C=O) groups excluding carboxylic acids is 3. The van der Waals surface area contributed by atoms with E-state index in [4.69, 9.17) is 0 Å². The fourth-order valence-corrected chi connectivity index (χ4v) is 2.99. The molecular weight excluding hydrogens is 388 g/mol. The van der Waals surface area contributed by atoms with Crippen molar-refractivity contribution in [3.05, 3.63) is 22.4 Å². The van der Waals surface area contributed by atoms with E-state index in [0.717, 1.165) is 30.4 Å². The van der Waals surface area contributed by atoms with Crippen molar-refractivity contribution in [2.75, 3.05) is 13.1 Å². The van der Waals surface area contributed by atoms with Crippen LogP contribution in [0.2, 0.25) is 0 Å². The van der Waals surface area contributed by atoms with Crippen molar-refractivity contribution in [2.24, 2.45) is 7.05 Å². The summed E-state index contributed by atoms with van der Waals surface area (Å²) in [5.74, 6) is -0.629. The zero-order chi connectivity index (χ0) is 18.8. The monoisotopic (exact) mass is 414 g/mol. The Kier molecular flexibility index (Phi) is 9.26. The predicted octanol–water partition coefficient (Wildman–Crippen LogP) is 2.37. The average Bonchev–Trinajstić information content (AvgIpc) is 2.90. The van der Waals surface area contributed by atoms with Crippen LogP contribution in [-0.4, -0.2) is 40.3 Å². The summed E-state index contributed by atoms with van der Waals surface area (Å²) in [6, 6.07) is 1.66. The van der Waals surface area contributed by atoms with E-state index in [1.54, 1.807) is 23.9 Å². The first-order chi connectivity index (χ1) is 11.9. The summed E-state index contributed by atoms with van der Waals surface area (Å²) < 4.78 is 2.44. The minimum Gasteiger partial charge on any atom is -0.345 e. The van der Waals surface area contributed by atoms with Gasteiger partial charge in [0.25, 0.3) is 5.91 Å². The van der Waals surface area contributed by atoms with Crippen molar-refractivity contribution in [2.45, 2.75) is 46.0 Å². The van der Waals surface area contributed by atoms with Crippen LogP contribution in [0.4, 0.5) is 0 Å². The van der Waals surface area contributed by atoms with Gasteiger partial charge in [0.05, 0.1) is 0 Å². The number of aromatic nitrogens is 1. The third-order valence-electron chi connectivity index (χ3n) is 3.65. The maximum Gasteiger partial charge on any atom is 0.286 e. The second kappa shape index (κ2) is 10.9. The molecular formula is C17H27BrN4O3. The summed E-state index contributed by atoms with van der Waals surface area (Å²) in [7, 11) is 1.74. The molecule has 0 saturated heterocycles. The van der Waals surface area contributed by atoms with Gasteiger partial charge in [0, 0.05) is 43.6 Å². The first-order valence-corrected chi connectivity index (χ1v) is 9.37. The molecule has 0 aliphatic carbocycles. The van der Waals surface area contributed by atoms with E-state index in [9.17, 15) is 14.4 Å². The fraction of sp³-hybridized carbons (Fsp3) is 0.588. The molecule has 0 aromatic carbocycles. The van der Waals surface area contributed by atoms with Gasteiger partial charge < -0.3 is 9.47 Å². The van der Waals surface area contributed by atoms with Crippen LogP contribution >= 0.6 is 15.9 Å². The smallest absolute Gasteiger partial charge is 0.286 e.